The van der Waals surface area contributed by atoms with Gasteiger partial charge in [0.05, 0.1) is 24.2 Å². The van der Waals surface area contributed by atoms with E-state index in [9.17, 15) is 24.9 Å². The van der Waals surface area contributed by atoms with Crippen LogP contribution in [0.3, 0.4) is 0 Å². The number of rotatable bonds is 2. The summed E-state index contributed by atoms with van der Waals surface area (Å²) in [5, 5.41) is 29.3. The number of aromatic hydroxyl groups is 1. The van der Waals surface area contributed by atoms with Crippen LogP contribution in [0.25, 0.3) is 0 Å². The highest BCUT2D eigenvalue weighted by Crippen LogP contribution is 2.37. The molecule has 3 rings (SSSR count). The average Bonchev–Trinajstić information content (AvgIpc) is 2.33. The molecule has 7 nitrogen and oxygen atoms in total. The van der Waals surface area contributed by atoms with E-state index in [4.69, 9.17) is 9.15 Å². The third kappa shape index (κ3) is 3.20. The molecule has 1 aliphatic heterocycles. The minimum absolute atomic E-state index is 0.0385. The number of hydrogen-bond donors (Lipinski definition) is 3. The predicted molar refractivity (Wildman–Crippen MR) is 77.4 cm³/mol. The number of carbonyl (C=O) groups is 1. The summed E-state index contributed by atoms with van der Waals surface area (Å²) in [4.78, 5) is 23.6. The van der Waals surface area contributed by atoms with Crippen LogP contribution >= 0.6 is 0 Å². The van der Waals surface area contributed by atoms with Gasteiger partial charge in [0.25, 0.3) is 0 Å². The second-order valence-electron chi connectivity index (χ2n) is 5.92. The Hall–Kier alpha value is -2.38. The second kappa shape index (κ2) is 5.36. The first-order valence-corrected chi connectivity index (χ1v) is 7.13. The van der Waals surface area contributed by atoms with E-state index in [0.717, 1.165) is 6.07 Å². The molecule has 3 N–H and O–H groups in total. The summed E-state index contributed by atoms with van der Waals surface area (Å²) in [5.41, 5.74) is 0.0149. The van der Waals surface area contributed by atoms with Crippen molar-refractivity contribution < 1.29 is 29.3 Å². The van der Waals surface area contributed by atoms with E-state index in [0.29, 0.717) is 5.57 Å². The zero-order valence-electron chi connectivity index (χ0n) is 12.4. The van der Waals surface area contributed by atoms with Crippen molar-refractivity contribution in [1.29, 1.82) is 0 Å². The molecule has 2 aliphatic rings. The fourth-order valence-corrected chi connectivity index (χ4v) is 2.90. The molecule has 0 fully saturated rings. The normalized spacial score (nSPS) is 27.3. The molecule has 23 heavy (non-hydrogen) atoms. The largest absolute Gasteiger partial charge is 0.508 e. The van der Waals surface area contributed by atoms with E-state index in [-0.39, 0.29) is 47.9 Å². The molecular formula is C16H16O7. The zero-order chi connectivity index (χ0) is 16.8. The van der Waals surface area contributed by atoms with Gasteiger partial charge in [0, 0.05) is 25.8 Å². The van der Waals surface area contributed by atoms with Crippen LogP contribution in [0.1, 0.15) is 25.5 Å². The summed E-state index contributed by atoms with van der Waals surface area (Å²) < 4.78 is 10.4. The third-order valence-electron chi connectivity index (χ3n) is 3.67. The van der Waals surface area contributed by atoms with E-state index < -0.39 is 17.5 Å². The van der Waals surface area contributed by atoms with Crippen molar-refractivity contribution >= 4 is 5.78 Å². The molecular weight excluding hydrogens is 304 g/mol. The number of Topliss-reactive ketones (excluding diaryl/α,β-unsaturated/α-hetero) is 1. The number of ether oxygens (including phenoxy) is 1. The molecule has 122 valence electrons. The van der Waals surface area contributed by atoms with Crippen LogP contribution in [0.4, 0.5) is 0 Å². The molecule has 0 spiro atoms. The molecule has 0 bridgehead atoms. The van der Waals surface area contributed by atoms with Gasteiger partial charge >= 0.3 is 5.63 Å². The lowest BCUT2D eigenvalue weighted by atomic mass is 9.85. The number of hydrogen-bond acceptors (Lipinski definition) is 7. The van der Waals surface area contributed by atoms with E-state index in [2.05, 4.69) is 0 Å². The van der Waals surface area contributed by atoms with Crippen LogP contribution in [-0.2, 0) is 16.0 Å². The maximum Gasteiger partial charge on any atom is 0.339 e. The van der Waals surface area contributed by atoms with Crippen LogP contribution in [0.5, 0.6) is 5.75 Å². The van der Waals surface area contributed by atoms with Crippen LogP contribution in [0.15, 0.2) is 44.3 Å². The number of aliphatic hydroxyl groups excluding tert-OH is 1. The SMILES string of the molecule is CC1(O)CC(=O)C2=C(CC(O)C=C2Cc2cc(O)cc(=O)o2)O1. The molecule has 0 aromatic carbocycles. The highest BCUT2D eigenvalue weighted by atomic mass is 16.6. The van der Waals surface area contributed by atoms with Crippen molar-refractivity contribution in [1.82, 2.24) is 0 Å². The highest BCUT2D eigenvalue weighted by Gasteiger charge is 2.39. The van der Waals surface area contributed by atoms with Crippen LogP contribution < -0.4 is 5.63 Å². The Labute approximate surface area is 131 Å². The molecule has 2 atom stereocenters. The number of ketones is 1. The molecule has 0 saturated heterocycles. The first-order chi connectivity index (χ1) is 10.7. The molecule has 1 aliphatic carbocycles. The molecule has 2 unspecified atom stereocenters. The van der Waals surface area contributed by atoms with Crippen molar-refractivity contribution in [3.8, 4) is 5.75 Å². The van der Waals surface area contributed by atoms with Crippen molar-refractivity contribution in [2.45, 2.75) is 38.1 Å². The molecule has 1 aromatic rings. The quantitative estimate of drug-likeness (QED) is 0.727. The highest BCUT2D eigenvalue weighted by molar-refractivity contribution is 6.01. The van der Waals surface area contributed by atoms with Gasteiger partial charge in [-0.05, 0) is 5.57 Å². The Morgan fingerprint density at radius 1 is 1.35 bits per heavy atom. The maximum absolute atomic E-state index is 12.3. The molecule has 1 aromatic heterocycles. The smallest absolute Gasteiger partial charge is 0.339 e. The van der Waals surface area contributed by atoms with Gasteiger partial charge in [-0.15, -0.1) is 0 Å². The molecule has 7 heteroatoms. The Morgan fingerprint density at radius 3 is 2.78 bits per heavy atom. The first-order valence-electron chi connectivity index (χ1n) is 7.13. The minimum atomic E-state index is -1.60. The monoisotopic (exact) mass is 320 g/mol. The number of aliphatic hydroxyl groups is 2. The van der Waals surface area contributed by atoms with Crippen molar-refractivity contribution in [2.75, 3.05) is 0 Å². The van der Waals surface area contributed by atoms with Crippen LogP contribution in [0, 0.1) is 0 Å². The summed E-state index contributed by atoms with van der Waals surface area (Å²) in [6.45, 7) is 1.38. The van der Waals surface area contributed by atoms with Crippen LogP contribution in [0.2, 0.25) is 0 Å². The lowest BCUT2D eigenvalue weighted by Gasteiger charge is -2.35. The Kier molecular flexibility index (Phi) is 3.62. The summed E-state index contributed by atoms with van der Waals surface area (Å²) in [6.07, 6.45) is 0.532. The van der Waals surface area contributed by atoms with E-state index >= 15 is 0 Å². The number of allylic oxidation sites excluding steroid dienone is 2. The van der Waals surface area contributed by atoms with Gasteiger partial charge in [0.1, 0.15) is 17.3 Å². The summed E-state index contributed by atoms with van der Waals surface area (Å²) in [7, 11) is 0. The van der Waals surface area contributed by atoms with Crippen molar-refractivity contribution in [2.24, 2.45) is 0 Å². The summed E-state index contributed by atoms with van der Waals surface area (Å²) in [5.74, 6) is -1.77. The van der Waals surface area contributed by atoms with Gasteiger partial charge in [0.2, 0.25) is 5.79 Å². The third-order valence-corrected chi connectivity index (χ3v) is 3.67. The predicted octanol–water partition coefficient (Wildman–Crippen LogP) is 0.531. The number of carbonyl (C=O) groups excluding carboxylic acids is 1. The zero-order valence-corrected chi connectivity index (χ0v) is 12.4. The van der Waals surface area contributed by atoms with Crippen molar-refractivity contribution in [3.63, 3.8) is 0 Å². The maximum atomic E-state index is 12.3. The van der Waals surface area contributed by atoms with E-state index in [1.807, 2.05) is 0 Å². The second-order valence-corrected chi connectivity index (χ2v) is 5.92. The van der Waals surface area contributed by atoms with Crippen molar-refractivity contribution in [3.05, 3.63) is 51.3 Å². The molecule has 0 radical (unpaired) electrons. The van der Waals surface area contributed by atoms with Gasteiger partial charge < -0.3 is 24.5 Å². The Bertz CT molecular complexity index is 782. The summed E-state index contributed by atoms with van der Waals surface area (Å²) >= 11 is 0. The standard InChI is InChI=1S/C16H16O7/c1-16(21)7-12(19)15-8(2-9(17)5-13(15)23-16)3-11-4-10(18)6-14(20)22-11/h2,4,6,9,17-18,21H,3,5,7H2,1H3. The Morgan fingerprint density at radius 2 is 2.09 bits per heavy atom. The van der Waals surface area contributed by atoms with Crippen LogP contribution in [-0.4, -0.2) is 33.0 Å². The fourth-order valence-electron chi connectivity index (χ4n) is 2.90. The lowest BCUT2D eigenvalue weighted by Crippen LogP contribution is -2.39. The van der Waals surface area contributed by atoms with E-state index in [1.54, 1.807) is 0 Å². The molecule has 0 amide bonds. The first kappa shape index (κ1) is 15.5. The molecule has 0 saturated carbocycles. The van der Waals surface area contributed by atoms with E-state index in [1.165, 1.54) is 19.1 Å². The fraction of sp³-hybridized carbons (Fsp3) is 0.375. The lowest BCUT2D eigenvalue weighted by molar-refractivity contribution is -0.181. The average molecular weight is 320 g/mol. The van der Waals surface area contributed by atoms with Gasteiger partial charge in [-0.2, -0.15) is 0 Å². The van der Waals surface area contributed by atoms with Gasteiger partial charge in [-0.1, -0.05) is 6.08 Å². The molecule has 2 heterocycles. The Balaban J connectivity index is 1.99. The van der Waals surface area contributed by atoms with Gasteiger partial charge in [0.15, 0.2) is 5.78 Å². The minimum Gasteiger partial charge on any atom is -0.508 e. The summed E-state index contributed by atoms with van der Waals surface area (Å²) in [6, 6.07) is 2.21. The van der Waals surface area contributed by atoms with Gasteiger partial charge in [-0.3, -0.25) is 4.79 Å². The van der Waals surface area contributed by atoms with Gasteiger partial charge in [-0.25, -0.2) is 4.79 Å². The topological polar surface area (TPSA) is 117 Å².